The van der Waals surface area contributed by atoms with Gasteiger partial charge in [0.05, 0.1) is 10.5 Å². The summed E-state index contributed by atoms with van der Waals surface area (Å²) < 4.78 is 2.11. The average Bonchev–Trinajstić information content (AvgIpc) is 3.13. The van der Waals surface area contributed by atoms with E-state index in [4.69, 9.17) is 17.2 Å². The number of fused-ring (bicyclic) bond motifs is 1. The fourth-order valence-electron chi connectivity index (χ4n) is 4.46. The summed E-state index contributed by atoms with van der Waals surface area (Å²) in [5, 5.41) is 3.32. The van der Waals surface area contributed by atoms with Gasteiger partial charge in [-0.3, -0.25) is 18.9 Å². The number of carbonyl (C=O) groups is 1. The zero-order valence-corrected chi connectivity index (χ0v) is 24.5. The van der Waals surface area contributed by atoms with E-state index in [1.165, 1.54) is 63.1 Å². The molecule has 3 rings (SSSR count). The lowest BCUT2D eigenvalue weighted by atomic mass is 10.1. The molecule has 2 aromatic rings. The van der Waals surface area contributed by atoms with Gasteiger partial charge < -0.3 is 5.32 Å². The first-order valence-corrected chi connectivity index (χ1v) is 15.1. The molecule has 0 aliphatic carbocycles. The summed E-state index contributed by atoms with van der Waals surface area (Å²) in [7, 11) is 0. The molecule has 0 radical (unpaired) electrons. The Labute approximate surface area is 231 Å². The van der Waals surface area contributed by atoms with E-state index in [0.29, 0.717) is 45.3 Å². The Hall–Kier alpha value is -2.19. The smallest absolute Gasteiger partial charge is 0.267 e. The van der Waals surface area contributed by atoms with Crippen molar-refractivity contribution in [3.8, 4) is 0 Å². The van der Waals surface area contributed by atoms with Gasteiger partial charge in [-0.15, -0.1) is 0 Å². The maximum Gasteiger partial charge on any atom is 0.267 e. The second-order valence-corrected chi connectivity index (χ2v) is 12.0. The molecule has 0 saturated carbocycles. The first-order chi connectivity index (χ1) is 17.8. The molecule has 1 N–H and O–H groups in total. The van der Waals surface area contributed by atoms with Crippen LogP contribution in [0.1, 0.15) is 96.1 Å². The Morgan fingerprint density at radius 1 is 1.05 bits per heavy atom. The lowest BCUT2D eigenvalue weighted by Crippen LogP contribution is -2.29. The van der Waals surface area contributed by atoms with Crippen molar-refractivity contribution in [1.82, 2.24) is 14.3 Å². The summed E-state index contributed by atoms with van der Waals surface area (Å²) in [6.07, 6.45) is 15.9. The van der Waals surface area contributed by atoms with Gasteiger partial charge in [0.25, 0.3) is 11.5 Å². The number of carbonyl (C=O) groups excluding carboxylic acids is 1. The van der Waals surface area contributed by atoms with Crippen molar-refractivity contribution in [2.45, 2.75) is 91.9 Å². The highest BCUT2D eigenvalue weighted by atomic mass is 32.2. The number of thioether (sulfide) groups is 1. The fourth-order valence-corrected chi connectivity index (χ4v) is 5.75. The zero-order chi connectivity index (χ0) is 26.8. The molecule has 202 valence electrons. The highest BCUT2D eigenvalue weighted by Crippen LogP contribution is 2.33. The molecule has 2 aromatic heterocycles. The van der Waals surface area contributed by atoms with Crippen molar-refractivity contribution < 1.29 is 4.79 Å². The number of aryl methyl sites for hydroxylation is 1. The standard InChI is InChI=1S/C29H42N4O2S2/c1-5-6-7-8-9-10-11-12-13-14-17-33-28(35)24(37-29(33)36)19-23-25(30-20-21(2)3)31-26-22(4)16-15-18-32(26)27(23)34/h15-16,18-19,21,30H,5-14,17,20H2,1-4H3. The van der Waals surface area contributed by atoms with Gasteiger partial charge in [-0.05, 0) is 37.0 Å². The number of anilines is 1. The number of hydrogen-bond acceptors (Lipinski definition) is 6. The van der Waals surface area contributed by atoms with Gasteiger partial charge >= 0.3 is 0 Å². The first-order valence-electron chi connectivity index (χ1n) is 13.8. The molecule has 1 amide bonds. The van der Waals surface area contributed by atoms with Crippen LogP contribution >= 0.6 is 24.0 Å². The van der Waals surface area contributed by atoms with Gasteiger partial charge in [0.2, 0.25) is 0 Å². The van der Waals surface area contributed by atoms with Crippen LogP contribution in [0.4, 0.5) is 5.82 Å². The second-order valence-electron chi connectivity index (χ2n) is 10.4. The van der Waals surface area contributed by atoms with Crippen LogP contribution in [0, 0.1) is 12.8 Å². The van der Waals surface area contributed by atoms with E-state index in [1.807, 2.05) is 19.1 Å². The van der Waals surface area contributed by atoms with Crippen LogP contribution in [0.3, 0.4) is 0 Å². The molecule has 6 nitrogen and oxygen atoms in total. The summed E-state index contributed by atoms with van der Waals surface area (Å²) in [5.41, 5.74) is 1.73. The van der Waals surface area contributed by atoms with Gasteiger partial charge in [0, 0.05) is 19.3 Å². The van der Waals surface area contributed by atoms with Crippen LogP contribution in [-0.2, 0) is 4.79 Å². The van der Waals surface area contributed by atoms with Gasteiger partial charge in [0.15, 0.2) is 0 Å². The first kappa shape index (κ1) is 29.4. The molecule has 1 aliphatic rings. The van der Waals surface area contributed by atoms with E-state index in [0.717, 1.165) is 18.4 Å². The maximum atomic E-state index is 13.4. The van der Waals surface area contributed by atoms with E-state index < -0.39 is 0 Å². The molecule has 0 atom stereocenters. The van der Waals surface area contributed by atoms with E-state index >= 15 is 0 Å². The van der Waals surface area contributed by atoms with Crippen LogP contribution in [0.5, 0.6) is 0 Å². The third-order valence-corrected chi connectivity index (χ3v) is 8.02. The number of thiocarbonyl (C=S) groups is 1. The molecule has 37 heavy (non-hydrogen) atoms. The Morgan fingerprint density at radius 2 is 1.70 bits per heavy atom. The van der Waals surface area contributed by atoms with E-state index in [1.54, 1.807) is 21.6 Å². The number of amides is 1. The molecule has 0 spiro atoms. The quantitative estimate of drug-likeness (QED) is 0.146. The molecule has 1 aliphatic heterocycles. The summed E-state index contributed by atoms with van der Waals surface area (Å²) in [5.74, 6) is 0.770. The predicted octanol–water partition coefficient (Wildman–Crippen LogP) is 7.19. The number of unbranched alkanes of at least 4 members (excludes halogenated alkanes) is 9. The van der Waals surface area contributed by atoms with Crippen LogP contribution in [0.2, 0.25) is 0 Å². The topological polar surface area (TPSA) is 66.7 Å². The number of rotatable bonds is 15. The monoisotopic (exact) mass is 542 g/mol. The van der Waals surface area contributed by atoms with Crippen molar-refractivity contribution >= 4 is 51.7 Å². The van der Waals surface area contributed by atoms with Crippen molar-refractivity contribution in [3.05, 3.63) is 44.7 Å². The van der Waals surface area contributed by atoms with Gasteiger partial charge in [-0.1, -0.05) is 109 Å². The average molecular weight is 543 g/mol. The second kappa shape index (κ2) is 14.7. The lowest BCUT2D eigenvalue weighted by molar-refractivity contribution is -0.122. The Bertz CT molecular complexity index is 1170. The van der Waals surface area contributed by atoms with E-state index in [9.17, 15) is 9.59 Å². The summed E-state index contributed by atoms with van der Waals surface area (Å²) in [6.45, 7) is 9.69. The van der Waals surface area contributed by atoms with Crippen molar-refractivity contribution in [2.75, 3.05) is 18.4 Å². The molecule has 1 saturated heterocycles. The molecular weight excluding hydrogens is 500 g/mol. The highest BCUT2D eigenvalue weighted by Gasteiger charge is 2.32. The zero-order valence-electron chi connectivity index (χ0n) is 22.8. The van der Waals surface area contributed by atoms with Crippen molar-refractivity contribution in [1.29, 1.82) is 0 Å². The molecule has 1 fully saturated rings. The minimum absolute atomic E-state index is 0.116. The molecule has 8 heteroatoms. The van der Waals surface area contributed by atoms with Crippen molar-refractivity contribution in [3.63, 3.8) is 0 Å². The largest absolute Gasteiger partial charge is 0.369 e. The van der Waals surface area contributed by atoms with Crippen LogP contribution in [0.25, 0.3) is 11.7 Å². The number of aromatic nitrogens is 2. The molecule has 0 bridgehead atoms. The fraction of sp³-hybridized carbons (Fsp3) is 0.586. The third-order valence-electron chi connectivity index (χ3n) is 6.65. The van der Waals surface area contributed by atoms with Crippen LogP contribution < -0.4 is 10.9 Å². The summed E-state index contributed by atoms with van der Waals surface area (Å²) in [6, 6.07) is 3.77. The number of hydrogen-bond donors (Lipinski definition) is 1. The SMILES string of the molecule is CCCCCCCCCCCCN1C(=O)C(=Cc2c(NCC(C)C)nc3c(C)cccn3c2=O)SC1=S. The predicted molar refractivity (Wildman–Crippen MR) is 161 cm³/mol. The molecular formula is C29H42N4O2S2. The van der Waals surface area contributed by atoms with Crippen LogP contribution in [-0.4, -0.2) is 37.6 Å². The molecule has 3 heterocycles. The minimum atomic E-state index is -0.195. The number of nitrogens with zero attached hydrogens (tertiary/aromatic N) is 3. The van der Waals surface area contributed by atoms with Crippen molar-refractivity contribution in [2.24, 2.45) is 5.92 Å². The lowest BCUT2D eigenvalue weighted by Gasteiger charge is -2.14. The van der Waals surface area contributed by atoms with E-state index in [2.05, 4.69) is 26.1 Å². The van der Waals surface area contributed by atoms with Gasteiger partial charge in [-0.25, -0.2) is 4.98 Å². The van der Waals surface area contributed by atoms with Gasteiger partial charge in [0.1, 0.15) is 15.8 Å². The number of pyridine rings is 1. The number of nitrogens with one attached hydrogen (secondary N) is 1. The Balaban J connectivity index is 1.66. The highest BCUT2D eigenvalue weighted by molar-refractivity contribution is 8.26. The molecule has 0 unspecified atom stereocenters. The van der Waals surface area contributed by atoms with Gasteiger partial charge in [-0.2, -0.15) is 0 Å². The third kappa shape index (κ3) is 8.14. The summed E-state index contributed by atoms with van der Waals surface area (Å²) >= 11 is 6.81. The Kier molecular flexibility index (Phi) is 11.6. The normalized spacial score (nSPS) is 15.1. The maximum absolute atomic E-state index is 13.4. The minimum Gasteiger partial charge on any atom is -0.369 e. The molecule has 0 aromatic carbocycles. The Morgan fingerprint density at radius 3 is 2.35 bits per heavy atom. The summed E-state index contributed by atoms with van der Waals surface area (Å²) in [4.78, 5) is 33.6. The van der Waals surface area contributed by atoms with Crippen LogP contribution in [0.15, 0.2) is 28.0 Å². The van der Waals surface area contributed by atoms with E-state index in [-0.39, 0.29) is 11.5 Å².